The number of carbonyl (C=O) groups is 2. The molecule has 178 valence electrons. The van der Waals surface area contributed by atoms with Crippen LogP contribution in [0.3, 0.4) is 0 Å². The highest BCUT2D eigenvalue weighted by atomic mass is 19.1. The molecule has 3 rings (SSSR count). The van der Waals surface area contributed by atoms with Crippen molar-refractivity contribution in [2.45, 2.75) is 90.1 Å². The second-order valence-electron chi connectivity index (χ2n) is 9.04. The number of carbonyl (C=O) groups excluding carboxylic acids is 2. The number of aryl methyl sites for hydroxylation is 1. The van der Waals surface area contributed by atoms with Crippen molar-refractivity contribution in [1.29, 1.82) is 0 Å². The highest BCUT2D eigenvalue weighted by molar-refractivity contribution is 6.01. The van der Waals surface area contributed by atoms with Gasteiger partial charge in [0.1, 0.15) is 11.9 Å². The van der Waals surface area contributed by atoms with Crippen molar-refractivity contribution in [2.75, 3.05) is 4.90 Å². The number of nitrogens with zero attached hydrogens (tertiary/aromatic N) is 1. The largest absolute Gasteiger partial charge is 0.351 e. The molecule has 0 spiro atoms. The van der Waals surface area contributed by atoms with Crippen molar-refractivity contribution >= 4 is 17.5 Å². The SMILES string of the molecule is CCCCc1ccccc1C(C(=O)NC1CCCCC1)N(C(=O)CCC)c1cccc(F)c1. The molecule has 1 unspecified atom stereocenters. The summed E-state index contributed by atoms with van der Waals surface area (Å²) in [5.74, 6) is -0.774. The van der Waals surface area contributed by atoms with Gasteiger partial charge in [-0.1, -0.05) is 69.9 Å². The first kappa shape index (κ1) is 24.9. The van der Waals surface area contributed by atoms with Crippen LogP contribution in [0.25, 0.3) is 0 Å². The zero-order valence-electron chi connectivity index (χ0n) is 20.0. The number of unbranched alkanes of at least 4 members (excludes halogenated alkanes) is 1. The first-order valence-electron chi connectivity index (χ1n) is 12.5. The third-order valence-corrected chi connectivity index (χ3v) is 6.43. The molecule has 0 aliphatic heterocycles. The molecule has 1 fully saturated rings. The predicted molar refractivity (Wildman–Crippen MR) is 132 cm³/mol. The van der Waals surface area contributed by atoms with E-state index in [0.29, 0.717) is 18.5 Å². The summed E-state index contributed by atoms with van der Waals surface area (Å²) < 4.78 is 14.2. The fraction of sp³-hybridized carbons (Fsp3) is 0.500. The van der Waals surface area contributed by atoms with E-state index in [4.69, 9.17) is 0 Å². The van der Waals surface area contributed by atoms with Crippen molar-refractivity contribution in [3.63, 3.8) is 0 Å². The average molecular weight is 453 g/mol. The lowest BCUT2D eigenvalue weighted by atomic mass is 9.92. The van der Waals surface area contributed by atoms with Crippen molar-refractivity contribution in [3.05, 3.63) is 65.5 Å². The molecule has 0 bridgehead atoms. The minimum atomic E-state index is -0.833. The summed E-state index contributed by atoms with van der Waals surface area (Å²) in [5.41, 5.74) is 2.31. The van der Waals surface area contributed by atoms with Crippen LogP contribution in [0.2, 0.25) is 0 Å². The third-order valence-electron chi connectivity index (χ3n) is 6.43. The maximum absolute atomic E-state index is 14.2. The number of benzene rings is 2. The molecule has 1 aliphatic rings. The number of amides is 2. The second kappa shape index (κ2) is 12.5. The first-order valence-corrected chi connectivity index (χ1v) is 12.5. The van der Waals surface area contributed by atoms with Crippen LogP contribution in [-0.4, -0.2) is 17.9 Å². The molecule has 1 saturated carbocycles. The fourth-order valence-electron chi connectivity index (χ4n) is 4.72. The predicted octanol–water partition coefficient (Wildman–Crippen LogP) is 6.49. The summed E-state index contributed by atoms with van der Waals surface area (Å²) in [6.07, 6.45) is 9.12. The highest BCUT2D eigenvalue weighted by Gasteiger charge is 2.35. The molecule has 5 heteroatoms. The second-order valence-corrected chi connectivity index (χ2v) is 9.04. The van der Waals surface area contributed by atoms with Crippen LogP contribution in [0, 0.1) is 5.82 Å². The van der Waals surface area contributed by atoms with Crippen LogP contribution in [-0.2, 0) is 16.0 Å². The van der Waals surface area contributed by atoms with Crippen LogP contribution >= 0.6 is 0 Å². The summed E-state index contributed by atoms with van der Waals surface area (Å²) in [4.78, 5) is 28.8. The topological polar surface area (TPSA) is 49.4 Å². The Hall–Kier alpha value is -2.69. The standard InChI is InChI=1S/C28H37FN2O2/c1-3-5-13-21-14-9-10-19-25(21)27(28(33)30-23-16-7-6-8-17-23)31(26(32)12-4-2)24-18-11-15-22(29)20-24/h9-11,14-15,18-20,23,27H,3-8,12-13,16-17H2,1-2H3,(H,30,33). The zero-order valence-corrected chi connectivity index (χ0v) is 20.0. The van der Waals surface area contributed by atoms with E-state index in [1.807, 2.05) is 31.2 Å². The maximum atomic E-state index is 14.2. The van der Waals surface area contributed by atoms with Gasteiger partial charge in [-0.15, -0.1) is 0 Å². The molecule has 2 amide bonds. The van der Waals surface area contributed by atoms with Crippen molar-refractivity contribution in [2.24, 2.45) is 0 Å². The quantitative estimate of drug-likeness (QED) is 0.448. The Morgan fingerprint density at radius 1 is 1.03 bits per heavy atom. The number of halogens is 1. The summed E-state index contributed by atoms with van der Waals surface area (Å²) in [5, 5.41) is 3.24. The average Bonchev–Trinajstić information content (AvgIpc) is 2.82. The van der Waals surface area contributed by atoms with Crippen molar-refractivity contribution in [1.82, 2.24) is 5.32 Å². The van der Waals surface area contributed by atoms with Crippen LogP contribution in [0.1, 0.15) is 88.8 Å². The van der Waals surface area contributed by atoms with Crippen LogP contribution in [0.5, 0.6) is 0 Å². The Morgan fingerprint density at radius 2 is 1.79 bits per heavy atom. The molecule has 0 saturated heterocycles. The molecule has 0 radical (unpaired) electrons. The Balaban J connectivity index is 2.08. The Bertz CT molecular complexity index is 924. The molecule has 1 atom stereocenters. The lowest BCUT2D eigenvalue weighted by molar-refractivity contribution is -0.127. The minimum absolute atomic E-state index is 0.118. The van der Waals surface area contributed by atoms with E-state index < -0.39 is 11.9 Å². The normalized spacial score (nSPS) is 15.1. The lowest BCUT2D eigenvalue weighted by Gasteiger charge is -2.34. The number of hydrogen-bond donors (Lipinski definition) is 1. The van der Waals surface area contributed by atoms with E-state index >= 15 is 0 Å². The van der Waals surface area contributed by atoms with Gasteiger partial charge in [0, 0.05) is 18.2 Å². The van der Waals surface area contributed by atoms with E-state index in [2.05, 4.69) is 12.2 Å². The molecule has 0 aromatic heterocycles. The van der Waals surface area contributed by atoms with Gasteiger partial charge in [-0.25, -0.2) is 4.39 Å². The zero-order chi connectivity index (χ0) is 23.6. The van der Waals surface area contributed by atoms with Gasteiger partial charge in [-0.05, 0) is 61.4 Å². The number of rotatable bonds is 10. The van der Waals surface area contributed by atoms with Gasteiger partial charge in [0.25, 0.3) is 0 Å². The van der Waals surface area contributed by atoms with E-state index in [0.717, 1.165) is 56.1 Å². The van der Waals surface area contributed by atoms with Gasteiger partial charge in [-0.3, -0.25) is 14.5 Å². The summed E-state index contributed by atoms with van der Waals surface area (Å²) in [7, 11) is 0. The first-order chi connectivity index (χ1) is 16.0. The highest BCUT2D eigenvalue weighted by Crippen LogP contribution is 2.32. The fourth-order valence-corrected chi connectivity index (χ4v) is 4.72. The molecule has 4 nitrogen and oxygen atoms in total. The molecule has 33 heavy (non-hydrogen) atoms. The van der Waals surface area contributed by atoms with Crippen LogP contribution in [0.15, 0.2) is 48.5 Å². The smallest absolute Gasteiger partial charge is 0.248 e. The molecular weight excluding hydrogens is 415 g/mol. The maximum Gasteiger partial charge on any atom is 0.248 e. The van der Waals surface area contributed by atoms with E-state index in [9.17, 15) is 14.0 Å². The van der Waals surface area contributed by atoms with E-state index in [1.54, 1.807) is 12.1 Å². The van der Waals surface area contributed by atoms with Gasteiger partial charge >= 0.3 is 0 Å². The molecule has 1 N–H and O–H groups in total. The van der Waals surface area contributed by atoms with Gasteiger partial charge in [-0.2, -0.15) is 0 Å². The van der Waals surface area contributed by atoms with Crippen LogP contribution < -0.4 is 10.2 Å². The van der Waals surface area contributed by atoms with E-state index in [1.165, 1.54) is 23.5 Å². The summed E-state index contributed by atoms with van der Waals surface area (Å²) in [6, 6.07) is 13.2. The van der Waals surface area contributed by atoms with Gasteiger partial charge in [0.15, 0.2) is 0 Å². The molecule has 0 heterocycles. The van der Waals surface area contributed by atoms with Crippen molar-refractivity contribution < 1.29 is 14.0 Å². The summed E-state index contributed by atoms with van der Waals surface area (Å²) >= 11 is 0. The Morgan fingerprint density at radius 3 is 2.48 bits per heavy atom. The van der Waals surface area contributed by atoms with Crippen LogP contribution in [0.4, 0.5) is 10.1 Å². The Labute approximate surface area is 197 Å². The van der Waals surface area contributed by atoms with Crippen molar-refractivity contribution in [3.8, 4) is 0 Å². The minimum Gasteiger partial charge on any atom is -0.351 e. The number of hydrogen-bond acceptors (Lipinski definition) is 2. The molecule has 1 aliphatic carbocycles. The van der Waals surface area contributed by atoms with Gasteiger partial charge in [0.05, 0.1) is 0 Å². The lowest BCUT2D eigenvalue weighted by Crippen LogP contribution is -2.47. The van der Waals surface area contributed by atoms with Gasteiger partial charge < -0.3 is 5.32 Å². The monoisotopic (exact) mass is 452 g/mol. The number of anilines is 1. The van der Waals surface area contributed by atoms with E-state index in [-0.39, 0.29) is 17.9 Å². The molecule has 2 aromatic carbocycles. The summed E-state index contributed by atoms with van der Waals surface area (Å²) in [6.45, 7) is 4.08. The Kier molecular flexibility index (Phi) is 9.47. The molecule has 2 aromatic rings. The third kappa shape index (κ3) is 6.66. The molecular formula is C28H37FN2O2. The van der Waals surface area contributed by atoms with Gasteiger partial charge in [0.2, 0.25) is 11.8 Å². The number of nitrogens with one attached hydrogen (secondary N) is 1.